The van der Waals surface area contributed by atoms with Crippen molar-refractivity contribution in [2.75, 3.05) is 19.6 Å². The Kier molecular flexibility index (Phi) is 4.20. The molecule has 2 aromatic rings. The molecule has 0 bridgehead atoms. The van der Waals surface area contributed by atoms with Gasteiger partial charge in [-0.05, 0) is 28.0 Å². The molecule has 0 fully saturated rings. The molecule has 0 atom stereocenters. The lowest BCUT2D eigenvalue weighted by molar-refractivity contribution is -0.121. The van der Waals surface area contributed by atoms with E-state index in [1.54, 1.807) is 0 Å². The fraction of sp³-hybridized carbons (Fsp3) is 0.429. The number of carbonyl (C=O) groups excluding carboxylic acids is 1. The van der Waals surface area contributed by atoms with E-state index in [1.165, 1.54) is 22.1 Å². The molecule has 0 aliphatic carbocycles. The summed E-state index contributed by atoms with van der Waals surface area (Å²) in [5.41, 5.74) is 2.83. The predicted octanol–water partition coefficient (Wildman–Crippen LogP) is -0.152. The molecule has 0 spiro atoms. The van der Waals surface area contributed by atoms with Crippen LogP contribution in [0.5, 0.6) is 0 Å². The van der Waals surface area contributed by atoms with Crippen molar-refractivity contribution in [1.82, 2.24) is 30.4 Å². The first-order valence-electron chi connectivity index (χ1n) is 7.08. The molecule has 0 saturated carbocycles. The quantitative estimate of drug-likeness (QED) is 0.827. The summed E-state index contributed by atoms with van der Waals surface area (Å²) >= 11 is 0. The lowest BCUT2D eigenvalue weighted by Gasteiger charge is -2.28. The van der Waals surface area contributed by atoms with E-state index < -0.39 is 0 Å². The van der Waals surface area contributed by atoms with Crippen molar-refractivity contribution in [2.24, 2.45) is 0 Å². The summed E-state index contributed by atoms with van der Waals surface area (Å²) in [6, 6.07) is 8.54. The third kappa shape index (κ3) is 3.63. The van der Waals surface area contributed by atoms with Gasteiger partial charge in [-0.25, -0.2) is 4.68 Å². The summed E-state index contributed by atoms with van der Waals surface area (Å²) in [5, 5.41) is 13.5. The molecule has 1 aromatic carbocycles. The van der Waals surface area contributed by atoms with E-state index in [0.717, 1.165) is 26.1 Å². The van der Waals surface area contributed by atoms with Crippen LogP contribution in [0.25, 0.3) is 0 Å². The Bertz CT molecular complexity index is 597. The molecule has 7 heteroatoms. The molecule has 0 radical (unpaired) electrons. The van der Waals surface area contributed by atoms with Crippen molar-refractivity contribution >= 4 is 5.91 Å². The van der Waals surface area contributed by atoms with Gasteiger partial charge < -0.3 is 5.32 Å². The van der Waals surface area contributed by atoms with Crippen LogP contribution in [0.1, 0.15) is 11.1 Å². The molecule has 0 unspecified atom stereocenters. The van der Waals surface area contributed by atoms with Crippen molar-refractivity contribution in [3.05, 3.63) is 41.7 Å². The van der Waals surface area contributed by atoms with Crippen molar-refractivity contribution in [1.29, 1.82) is 0 Å². The SMILES string of the molecule is O=C(Cn1cnnn1)NCCN1CCc2ccccc2C1. The second kappa shape index (κ2) is 6.45. The van der Waals surface area contributed by atoms with Crippen LogP contribution in [0.4, 0.5) is 0 Å². The van der Waals surface area contributed by atoms with Crippen LogP contribution >= 0.6 is 0 Å². The number of nitrogens with one attached hydrogen (secondary N) is 1. The summed E-state index contributed by atoms with van der Waals surface area (Å²) in [7, 11) is 0. The molecule has 110 valence electrons. The molecule has 2 heterocycles. The Morgan fingerprint density at radius 1 is 1.29 bits per heavy atom. The smallest absolute Gasteiger partial charge is 0.241 e. The number of amides is 1. The monoisotopic (exact) mass is 286 g/mol. The van der Waals surface area contributed by atoms with E-state index in [1.807, 2.05) is 0 Å². The van der Waals surface area contributed by atoms with Crippen LogP contribution in [-0.4, -0.2) is 50.6 Å². The van der Waals surface area contributed by atoms with E-state index in [-0.39, 0.29) is 12.5 Å². The molecule has 1 amide bonds. The maximum atomic E-state index is 11.7. The highest BCUT2D eigenvalue weighted by atomic mass is 16.2. The zero-order valence-electron chi connectivity index (χ0n) is 11.8. The number of aromatic nitrogens is 4. The summed E-state index contributed by atoms with van der Waals surface area (Å²) in [4.78, 5) is 14.1. The molecular formula is C14H18N6O. The van der Waals surface area contributed by atoms with Gasteiger partial charge in [0.2, 0.25) is 5.91 Å². The number of hydrogen-bond donors (Lipinski definition) is 1. The molecule has 1 aliphatic heterocycles. The Morgan fingerprint density at radius 3 is 2.95 bits per heavy atom. The Labute approximate surface area is 122 Å². The minimum absolute atomic E-state index is 0.0697. The number of nitrogens with zero attached hydrogens (tertiary/aromatic N) is 5. The number of rotatable bonds is 5. The highest BCUT2D eigenvalue weighted by molar-refractivity contribution is 5.75. The van der Waals surface area contributed by atoms with Crippen molar-refractivity contribution in [3.63, 3.8) is 0 Å². The van der Waals surface area contributed by atoms with Gasteiger partial charge in [-0.3, -0.25) is 9.69 Å². The maximum Gasteiger partial charge on any atom is 0.241 e. The van der Waals surface area contributed by atoms with Crippen LogP contribution in [0.2, 0.25) is 0 Å². The van der Waals surface area contributed by atoms with E-state index in [4.69, 9.17) is 0 Å². The van der Waals surface area contributed by atoms with Crippen LogP contribution < -0.4 is 5.32 Å². The largest absolute Gasteiger partial charge is 0.353 e. The van der Waals surface area contributed by atoms with E-state index in [2.05, 4.69) is 50.0 Å². The molecule has 0 saturated heterocycles. The third-order valence-electron chi connectivity index (χ3n) is 3.66. The van der Waals surface area contributed by atoms with Crippen LogP contribution in [-0.2, 0) is 24.3 Å². The van der Waals surface area contributed by atoms with Crippen LogP contribution in [0, 0.1) is 0 Å². The summed E-state index contributed by atoms with van der Waals surface area (Å²) in [6.45, 7) is 3.66. The number of fused-ring (bicyclic) bond motifs is 1. The van der Waals surface area contributed by atoms with E-state index in [0.29, 0.717) is 6.54 Å². The highest BCUT2D eigenvalue weighted by Crippen LogP contribution is 2.17. The zero-order chi connectivity index (χ0) is 14.5. The summed E-state index contributed by atoms with van der Waals surface area (Å²) < 4.78 is 1.41. The highest BCUT2D eigenvalue weighted by Gasteiger charge is 2.15. The van der Waals surface area contributed by atoms with Gasteiger partial charge in [0.05, 0.1) is 0 Å². The second-order valence-corrected chi connectivity index (χ2v) is 5.15. The Hall–Kier alpha value is -2.28. The van der Waals surface area contributed by atoms with Gasteiger partial charge in [0.25, 0.3) is 0 Å². The molecule has 1 aromatic heterocycles. The number of tetrazole rings is 1. The van der Waals surface area contributed by atoms with Crippen molar-refractivity contribution in [2.45, 2.75) is 19.5 Å². The maximum absolute atomic E-state index is 11.7. The minimum Gasteiger partial charge on any atom is -0.353 e. The normalized spacial score (nSPS) is 14.7. The van der Waals surface area contributed by atoms with Crippen molar-refractivity contribution < 1.29 is 4.79 Å². The standard InChI is InChI=1S/C14H18N6O/c21-14(10-20-11-16-17-18-20)15-6-8-19-7-5-12-3-1-2-4-13(12)9-19/h1-4,11H,5-10H2,(H,15,21). The van der Waals surface area contributed by atoms with Gasteiger partial charge in [0.15, 0.2) is 0 Å². The molecular weight excluding hydrogens is 268 g/mol. The number of hydrogen-bond acceptors (Lipinski definition) is 5. The first kappa shape index (κ1) is 13.7. The zero-order valence-corrected chi connectivity index (χ0v) is 11.8. The van der Waals surface area contributed by atoms with Gasteiger partial charge in [-0.1, -0.05) is 24.3 Å². The lowest BCUT2D eigenvalue weighted by atomic mass is 10.00. The van der Waals surface area contributed by atoms with Gasteiger partial charge in [0, 0.05) is 26.2 Å². The van der Waals surface area contributed by atoms with Gasteiger partial charge in [-0.15, -0.1) is 5.10 Å². The van der Waals surface area contributed by atoms with Crippen molar-refractivity contribution in [3.8, 4) is 0 Å². The fourth-order valence-electron chi connectivity index (χ4n) is 2.55. The average molecular weight is 286 g/mol. The Balaban J connectivity index is 1.41. The molecule has 3 rings (SSSR count). The molecule has 1 N–H and O–H groups in total. The van der Waals surface area contributed by atoms with Gasteiger partial charge in [-0.2, -0.15) is 0 Å². The van der Waals surface area contributed by atoms with Crippen LogP contribution in [0.3, 0.4) is 0 Å². The van der Waals surface area contributed by atoms with Gasteiger partial charge >= 0.3 is 0 Å². The number of benzene rings is 1. The Morgan fingerprint density at radius 2 is 2.14 bits per heavy atom. The summed E-state index contributed by atoms with van der Waals surface area (Å²) in [5.74, 6) is -0.0697. The minimum atomic E-state index is -0.0697. The second-order valence-electron chi connectivity index (χ2n) is 5.15. The van der Waals surface area contributed by atoms with E-state index in [9.17, 15) is 4.79 Å². The molecule has 21 heavy (non-hydrogen) atoms. The summed E-state index contributed by atoms with van der Waals surface area (Å²) in [6.07, 6.45) is 2.51. The third-order valence-corrected chi connectivity index (χ3v) is 3.66. The lowest BCUT2D eigenvalue weighted by Crippen LogP contribution is -2.38. The average Bonchev–Trinajstić information content (AvgIpc) is 3.00. The molecule has 7 nitrogen and oxygen atoms in total. The fourth-order valence-corrected chi connectivity index (χ4v) is 2.55. The van der Waals surface area contributed by atoms with E-state index >= 15 is 0 Å². The topological polar surface area (TPSA) is 75.9 Å². The predicted molar refractivity (Wildman–Crippen MR) is 76.2 cm³/mol. The molecule has 1 aliphatic rings. The first-order chi connectivity index (χ1) is 10.3. The number of carbonyl (C=O) groups is 1. The van der Waals surface area contributed by atoms with Gasteiger partial charge in [0.1, 0.15) is 12.9 Å². The first-order valence-corrected chi connectivity index (χ1v) is 7.08. The van der Waals surface area contributed by atoms with Crippen LogP contribution in [0.15, 0.2) is 30.6 Å².